The van der Waals surface area contributed by atoms with Crippen LogP contribution in [0.25, 0.3) is 0 Å². The zero-order valence-electron chi connectivity index (χ0n) is 12.3. The Kier molecular flexibility index (Phi) is 6.11. The van der Waals surface area contributed by atoms with Crippen LogP contribution < -0.4 is 10.6 Å². The average molecular weight is 267 g/mol. The van der Waals surface area contributed by atoms with Gasteiger partial charge in [-0.1, -0.05) is 19.8 Å². The fraction of sp³-hybridized carbons (Fsp3) is 0.933. The minimum atomic E-state index is 0.208. The summed E-state index contributed by atoms with van der Waals surface area (Å²) in [6.45, 7) is 7.91. The molecule has 0 aromatic carbocycles. The Hall–Kier alpha value is -0.610. The summed E-state index contributed by atoms with van der Waals surface area (Å²) >= 11 is 0. The summed E-state index contributed by atoms with van der Waals surface area (Å²) in [6, 6.07) is 0. The van der Waals surface area contributed by atoms with E-state index >= 15 is 0 Å². The summed E-state index contributed by atoms with van der Waals surface area (Å²) in [4.78, 5) is 14.2. The Morgan fingerprint density at radius 3 is 3.00 bits per heavy atom. The molecule has 2 fully saturated rings. The van der Waals surface area contributed by atoms with Crippen molar-refractivity contribution in [2.24, 2.45) is 11.8 Å². The van der Waals surface area contributed by atoms with Gasteiger partial charge >= 0.3 is 0 Å². The molecule has 0 aromatic rings. The van der Waals surface area contributed by atoms with E-state index in [0.29, 0.717) is 12.5 Å². The average Bonchev–Trinajstić information content (AvgIpc) is 2.65. The van der Waals surface area contributed by atoms with Gasteiger partial charge in [-0.15, -0.1) is 0 Å². The monoisotopic (exact) mass is 267 g/mol. The molecular formula is C15H29N3O. The van der Waals surface area contributed by atoms with Gasteiger partial charge in [-0.05, 0) is 44.2 Å². The van der Waals surface area contributed by atoms with E-state index in [1.54, 1.807) is 0 Å². The molecule has 2 aliphatic rings. The third-order valence-electron chi connectivity index (χ3n) is 4.43. The lowest BCUT2D eigenvalue weighted by Crippen LogP contribution is -2.40. The molecule has 2 N–H and O–H groups in total. The van der Waals surface area contributed by atoms with Gasteiger partial charge in [-0.25, -0.2) is 0 Å². The molecule has 110 valence electrons. The molecule has 1 heterocycles. The van der Waals surface area contributed by atoms with Crippen molar-refractivity contribution in [3.8, 4) is 0 Å². The second-order valence-corrected chi connectivity index (χ2v) is 6.32. The van der Waals surface area contributed by atoms with E-state index in [1.165, 1.54) is 25.7 Å². The molecule has 2 unspecified atom stereocenters. The van der Waals surface area contributed by atoms with Crippen LogP contribution in [0.4, 0.5) is 0 Å². The van der Waals surface area contributed by atoms with Crippen molar-refractivity contribution in [1.82, 2.24) is 15.5 Å². The number of rotatable bonds is 4. The summed E-state index contributed by atoms with van der Waals surface area (Å²) in [5.41, 5.74) is 0. The van der Waals surface area contributed by atoms with Gasteiger partial charge in [-0.2, -0.15) is 0 Å². The molecule has 0 radical (unpaired) electrons. The second-order valence-electron chi connectivity index (χ2n) is 6.32. The number of amides is 1. The highest BCUT2D eigenvalue weighted by atomic mass is 16.2. The predicted octanol–water partition coefficient (Wildman–Crippen LogP) is 1.22. The summed E-state index contributed by atoms with van der Waals surface area (Å²) in [6.07, 6.45) is 6.42. The molecule has 19 heavy (non-hydrogen) atoms. The zero-order chi connectivity index (χ0) is 13.5. The Bertz CT molecular complexity index is 275. The lowest BCUT2D eigenvalue weighted by atomic mass is 9.82. The number of carbonyl (C=O) groups excluding carboxylic acids is 1. The second kappa shape index (κ2) is 7.85. The summed E-state index contributed by atoms with van der Waals surface area (Å²) in [5, 5.41) is 6.51. The molecule has 0 bridgehead atoms. The molecule has 4 heteroatoms. The number of nitrogens with zero attached hydrogens (tertiary/aromatic N) is 1. The number of hydrogen-bond acceptors (Lipinski definition) is 3. The van der Waals surface area contributed by atoms with E-state index in [4.69, 9.17) is 0 Å². The summed E-state index contributed by atoms with van der Waals surface area (Å²) in [7, 11) is 0. The molecule has 0 spiro atoms. The molecular weight excluding hydrogens is 238 g/mol. The van der Waals surface area contributed by atoms with Crippen LogP contribution in [-0.4, -0.2) is 50.1 Å². The third kappa shape index (κ3) is 5.49. The Labute approximate surface area is 117 Å². The van der Waals surface area contributed by atoms with Gasteiger partial charge in [0.1, 0.15) is 0 Å². The zero-order valence-corrected chi connectivity index (χ0v) is 12.3. The third-order valence-corrected chi connectivity index (χ3v) is 4.43. The van der Waals surface area contributed by atoms with Gasteiger partial charge in [0.15, 0.2) is 0 Å². The van der Waals surface area contributed by atoms with Gasteiger partial charge in [0.25, 0.3) is 0 Å². The molecule has 2 atom stereocenters. The van der Waals surface area contributed by atoms with Gasteiger partial charge in [0.2, 0.25) is 5.91 Å². The van der Waals surface area contributed by atoms with Crippen molar-refractivity contribution in [3.05, 3.63) is 0 Å². The van der Waals surface area contributed by atoms with Crippen LogP contribution in [0, 0.1) is 11.8 Å². The van der Waals surface area contributed by atoms with E-state index in [0.717, 1.165) is 45.1 Å². The van der Waals surface area contributed by atoms with E-state index < -0.39 is 0 Å². The SMILES string of the molecule is CC1CCCC(CNC(=O)CN2CCCNCC2)C1. The lowest BCUT2D eigenvalue weighted by Gasteiger charge is -2.27. The van der Waals surface area contributed by atoms with Gasteiger partial charge < -0.3 is 10.6 Å². The number of hydrogen-bond donors (Lipinski definition) is 2. The molecule has 1 saturated carbocycles. The van der Waals surface area contributed by atoms with Crippen LogP contribution >= 0.6 is 0 Å². The highest BCUT2D eigenvalue weighted by Gasteiger charge is 2.20. The van der Waals surface area contributed by atoms with Crippen LogP contribution in [0.15, 0.2) is 0 Å². The molecule has 1 aliphatic heterocycles. The fourth-order valence-electron chi connectivity index (χ4n) is 3.32. The first-order chi connectivity index (χ1) is 9.24. The van der Waals surface area contributed by atoms with Crippen LogP contribution in [0.3, 0.4) is 0 Å². The van der Waals surface area contributed by atoms with Crippen molar-refractivity contribution >= 4 is 5.91 Å². The van der Waals surface area contributed by atoms with E-state index in [2.05, 4.69) is 22.5 Å². The summed E-state index contributed by atoms with van der Waals surface area (Å²) < 4.78 is 0. The topological polar surface area (TPSA) is 44.4 Å². The fourth-order valence-corrected chi connectivity index (χ4v) is 3.32. The molecule has 2 rings (SSSR count). The first-order valence-electron chi connectivity index (χ1n) is 7.94. The van der Waals surface area contributed by atoms with Crippen LogP contribution in [-0.2, 0) is 4.79 Å². The quantitative estimate of drug-likeness (QED) is 0.805. The summed E-state index contributed by atoms with van der Waals surface area (Å²) in [5.74, 6) is 1.76. The van der Waals surface area contributed by atoms with Gasteiger partial charge in [0, 0.05) is 19.6 Å². The van der Waals surface area contributed by atoms with E-state index in [1.807, 2.05) is 0 Å². The minimum absolute atomic E-state index is 0.208. The number of nitrogens with one attached hydrogen (secondary N) is 2. The smallest absolute Gasteiger partial charge is 0.234 e. The molecule has 1 amide bonds. The van der Waals surface area contributed by atoms with Crippen molar-refractivity contribution in [1.29, 1.82) is 0 Å². The lowest BCUT2D eigenvalue weighted by molar-refractivity contribution is -0.122. The van der Waals surface area contributed by atoms with Crippen LogP contribution in [0.2, 0.25) is 0 Å². The highest BCUT2D eigenvalue weighted by molar-refractivity contribution is 5.78. The van der Waals surface area contributed by atoms with E-state index in [9.17, 15) is 4.79 Å². The largest absolute Gasteiger partial charge is 0.355 e. The molecule has 1 aliphatic carbocycles. The van der Waals surface area contributed by atoms with Crippen molar-refractivity contribution < 1.29 is 4.79 Å². The molecule has 0 aromatic heterocycles. The van der Waals surface area contributed by atoms with Crippen LogP contribution in [0.5, 0.6) is 0 Å². The maximum Gasteiger partial charge on any atom is 0.234 e. The Morgan fingerprint density at radius 2 is 2.16 bits per heavy atom. The van der Waals surface area contributed by atoms with Crippen molar-refractivity contribution in [2.75, 3.05) is 39.3 Å². The standard InChI is InChI=1S/C15H29N3O/c1-13-4-2-5-14(10-13)11-17-15(19)12-18-8-3-6-16-7-9-18/h13-14,16H,2-12H2,1H3,(H,17,19). The van der Waals surface area contributed by atoms with Crippen molar-refractivity contribution in [2.45, 2.75) is 39.0 Å². The number of carbonyl (C=O) groups is 1. The van der Waals surface area contributed by atoms with Gasteiger partial charge in [-0.3, -0.25) is 9.69 Å². The van der Waals surface area contributed by atoms with E-state index in [-0.39, 0.29) is 5.91 Å². The normalized spacial score (nSPS) is 29.7. The molecule has 1 saturated heterocycles. The maximum atomic E-state index is 12.0. The highest BCUT2D eigenvalue weighted by Crippen LogP contribution is 2.27. The maximum absolute atomic E-state index is 12.0. The Morgan fingerprint density at radius 1 is 1.26 bits per heavy atom. The predicted molar refractivity (Wildman–Crippen MR) is 78.1 cm³/mol. The van der Waals surface area contributed by atoms with Crippen molar-refractivity contribution in [3.63, 3.8) is 0 Å². The molecule has 4 nitrogen and oxygen atoms in total. The van der Waals surface area contributed by atoms with Gasteiger partial charge in [0.05, 0.1) is 6.54 Å². The first-order valence-corrected chi connectivity index (χ1v) is 7.94. The Balaban J connectivity index is 1.63. The minimum Gasteiger partial charge on any atom is -0.355 e. The van der Waals surface area contributed by atoms with Crippen LogP contribution in [0.1, 0.15) is 39.0 Å². The first kappa shape index (κ1) is 14.8.